The minimum absolute atomic E-state index is 0.105. The second-order valence-electron chi connectivity index (χ2n) is 6.07. The van der Waals surface area contributed by atoms with Gasteiger partial charge >= 0.3 is 0 Å². The van der Waals surface area contributed by atoms with Crippen molar-refractivity contribution in [3.8, 4) is 17.1 Å². The van der Waals surface area contributed by atoms with E-state index in [0.717, 1.165) is 17.1 Å². The van der Waals surface area contributed by atoms with Crippen molar-refractivity contribution < 1.29 is 4.79 Å². The van der Waals surface area contributed by atoms with Gasteiger partial charge in [0, 0.05) is 36.7 Å². The number of rotatable bonds is 7. The monoisotopic (exact) mass is 381 g/mol. The van der Waals surface area contributed by atoms with Gasteiger partial charge < -0.3 is 4.90 Å². The molecule has 3 aromatic rings. The van der Waals surface area contributed by atoms with Crippen molar-refractivity contribution in [3.05, 3.63) is 54.4 Å². The van der Waals surface area contributed by atoms with Gasteiger partial charge in [-0.15, -0.1) is 10.2 Å². The third-order valence-electron chi connectivity index (χ3n) is 4.30. The minimum Gasteiger partial charge on any atom is -0.343 e. The molecule has 6 nitrogen and oxygen atoms in total. The summed E-state index contributed by atoms with van der Waals surface area (Å²) in [5.41, 5.74) is 3.08. The highest BCUT2D eigenvalue weighted by molar-refractivity contribution is 7.99. The number of aromatic nitrogens is 4. The number of carbonyl (C=O) groups excluding carboxylic acids is 1. The Bertz CT molecular complexity index is 888. The van der Waals surface area contributed by atoms with Crippen LogP contribution in [-0.2, 0) is 4.79 Å². The molecule has 0 atom stereocenters. The first-order valence-corrected chi connectivity index (χ1v) is 9.96. The average Bonchev–Trinajstić information content (AvgIpc) is 3.12. The zero-order chi connectivity index (χ0) is 19.2. The summed E-state index contributed by atoms with van der Waals surface area (Å²) in [5.74, 6) is 1.18. The van der Waals surface area contributed by atoms with Crippen molar-refractivity contribution in [2.45, 2.75) is 25.9 Å². The van der Waals surface area contributed by atoms with Crippen molar-refractivity contribution in [3.63, 3.8) is 0 Å². The van der Waals surface area contributed by atoms with Crippen molar-refractivity contribution in [1.82, 2.24) is 24.6 Å². The Morgan fingerprint density at radius 1 is 1.04 bits per heavy atom. The van der Waals surface area contributed by atoms with Gasteiger partial charge in [-0.3, -0.25) is 14.3 Å². The van der Waals surface area contributed by atoms with E-state index in [1.54, 1.807) is 12.4 Å². The van der Waals surface area contributed by atoms with Crippen molar-refractivity contribution in [2.75, 3.05) is 18.8 Å². The lowest BCUT2D eigenvalue weighted by Gasteiger charge is -2.18. The van der Waals surface area contributed by atoms with E-state index in [0.29, 0.717) is 24.0 Å². The number of pyridine rings is 1. The molecule has 27 heavy (non-hydrogen) atoms. The number of aryl methyl sites for hydroxylation is 1. The quantitative estimate of drug-likeness (QED) is 0.585. The summed E-state index contributed by atoms with van der Waals surface area (Å²) >= 11 is 1.41. The molecule has 3 rings (SSSR count). The predicted octanol–water partition coefficient (Wildman–Crippen LogP) is 3.60. The van der Waals surface area contributed by atoms with Gasteiger partial charge in [-0.1, -0.05) is 29.5 Å². The number of amides is 1. The summed E-state index contributed by atoms with van der Waals surface area (Å²) in [7, 11) is 0. The number of hydrogen-bond donors (Lipinski definition) is 0. The highest BCUT2D eigenvalue weighted by Gasteiger charge is 2.18. The Balaban J connectivity index is 1.95. The van der Waals surface area contributed by atoms with Gasteiger partial charge in [0.15, 0.2) is 11.0 Å². The van der Waals surface area contributed by atoms with Crippen LogP contribution in [0.2, 0.25) is 0 Å². The van der Waals surface area contributed by atoms with Crippen LogP contribution in [0.1, 0.15) is 19.4 Å². The van der Waals surface area contributed by atoms with Gasteiger partial charge in [-0.25, -0.2) is 0 Å². The number of thioether (sulfide) groups is 1. The standard InChI is InChI=1S/C20H23N5OS/c1-4-24(5-2)18(26)14-27-20-23-22-19(16-10-12-21-13-11-16)25(20)17-8-6-15(3)7-9-17/h6-13H,4-5,14H2,1-3H3. The van der Waals surface area contributed by atoms with E-state index in [1.165, 1.54) is 17.3 Å². The summed E-state index contributed by atoms with van der Waals surface area (Å²) in [4.78, 5) is 18.3. The van der Waals surface area contributed by atoms with Crippen molar-refractivity contribution in [2.24, 2.45) is 0 Å². The maximum Gasteiger partial charge on any atom is 0.233 e. The molecule has 0 aliphatic carbocycles. The molecule has 0 bridgehead atoms. The summed E-state index contributed by atoms with van der Waals surface area (Å²) < 4.78 is 1.99. The van der Waals surface area contributed by atoms with Gasteiger partial charge in [0.1, 0.15) is 0 Å². The lowest BCUT2D eigenvalue weighted by molar-refractivity contribution is -0.127. The van der Waals surface area contributed by atoms with Crippen LogP contribution in [0.25, 0.3) is 17.1 Å². The minimum atomic E-state index is 0.105. The first-order chi connectivity index (χ1) is 13.1. The zero-order valence-electron chi connectivity index (χ0n) is 15.8. The van der Waals surface area contributed by atoms with Gasteiger partial charge in [0.05, 0.1) is 5.75 Å². The van der Waals surface area contributed by atoms with E-state index in [4.69, 9.17) is 0 Å². The second-order valence-corrected chi connectivity index (χ2v) is 7.01. The normalized spacial score (nSPS) is 10.8. The Morgan fingerprint density at radius 3 is 2.33 bits per heavy atom. The van der Waals surface area contributed by atoms with E-state index < -0.39 is 0 Å². The maximum absolute atomic E-state index is 12.4. The molecule has 1 aromatic carbocycles. The molecule has 7 heteroatoms. The Hall–Kier alpha value is -2.67. The molecule has 0 radical (unpaired) electrons. The SMILES string of the molecule is CCN(CC)C(=O)CSc1nnc(-c2ccncc2)n1-c1ccc(C)cc1. The summed E-state index contributed by atoms with van der Waals surface area (Å²) in [6.45, 7) is 7.45. The number of benzene rings is 1. The molecular weight excluding hydrogens is 358 g/mol. The van der Waals surface area contributed by atoms with Crippen molar-refractivity contribution >= 4 is 17.7 Å². The number of carbonyl (C=O) groups is 1. The molecule has 1 amide bonds. The fourth-order valence-corrected chi connectivity index (χ4v) is 3.63. The zero-order valence-corrected chi connectivity index (χ0v) is 16.6. The van der Waals surface area contributed by atoms with Crippen LogP contribution in [0.4, 0.5) is 0 Å². The van der Waals surface area contributed by atoms with Crippen LogP contribution in [0.15, 0.2) is 53.9 Å². The molecule has 2 aromatic heterocycles. The van der Waals surface area contributed by atoms with Gasteiger partial charge in [-0.05, 0) is 45.0 Å². The molecule has 0 saturated heterocycles. The number of nitrogens with zero attached hydrogens (tertiary/aromatic N) is 5. The first-order valence-electron chi connectivity index (χ1n) is 8.97. The smallest absolute Gasteiger partial charge is 0.233 e. The third kappa shape index (κ3) is 4.36. The van der Waals surface area contributed by atoms with Gasteiger partial charge in [0.2, 0.25) is 5.91 Å². The van der Waals surface area contributed by atoms with Crippen molar-refractivity contribution in [1.29, 1.82) is 0 Å². The highest BCUT2D eigenvalue weighted by Crippen LogP contribution is 2.28. The van der Waals surface area contributed by atoms with E-state index in [-0.39, 0.29) is 5.91 Å². The van der Waals surface area contributed by atoms with E-state index in [9.17, 15) is 4.79 Å². The maximum atomic E-state index is 12.4. The van der Waals surface area contributed by atoms with Crippen LogP contribution in [0.5, 0.6) is 0 Å². The van der Waals surface area contributed by atoms with E-state index in [1.807, 2.05) is 47.6 Å². The third-order valence-corrected chi connectivity index (χ3v) is 5.22. The van der Waals surface area contributed by atoms with E-state index >= 15 is 0 Å². The molecule has 0 aliphatic rings. The van der Waals surface area contributed by atoms with Gasteiger partial charge in [0.25, 0.3) is 0 Å². The van der Waals surface area contributed by atoms with Crippen LogP contribution in [0, 0.1) is 6.92 Å². The average molecular weight is 382 g/mol. The van der Waals surface area contributed by atoms with Gasteiger partial charge in [-0.2, -0.15) is 0 Å². The van der Waals surface area contributed by atoms with Crippen LogP contribution in [-0.4, -0.2) is 49.4 Å². The summed E-state index contributed by atoms with van der Waals surface area (Å²) in [6.07, 6.45) is 3.47. The van der Waals surface area contributed by atoms with Crippen LogP contribution >= 0.6 is 11.8 Å². The van der Waals surface area contributed by atoms with E-state index in [2.05, 4.69) is 34.2 Å². The molecular formula is C20H23N5OS. The summed E-state index contributed by atoms with van der Waals surface area (Å²) in [6, 6.07) is 12.0. The Kier molecular flexibility index (Phi) is 6.24. The Labute approximate surface area is 163 Å². The predicted molar refractivity (Wildman–Crippen MR) is 108 cm³/mol. The topological polar surface area (TPSA) is 63.9 Å². The van der Waals surface area contributed by atoms with Crippen LogP contribution in [0.3, 0.4) is 0 Å². The molecule has 0 unspecified atom stereocenters. The Morgan fingerprint density at radius 2 is 1.70 bits per heavy atom. The molecule has 0 saturated carbocycles. The lowest BCUT2D eigenvalue weighted by atomic mass is 10.2. The highest BCUT2D eigenvalue weighted by atomic mass is 32.2. The second kappa shape index (κ2) is 8.81. The largest absolute Gasteiger partial charge is 0.343 e. The molecule has 0 fully saturated rings. The number of hydrogen-bond acceptors (Lipinski definition) is 5. The molecule has 0 N–H and O–H groups in total. The fourth-order valence-electron chi connectivity index (χ4n) is 2.77. The molecule has 2 heterocycles. The molecule has 0 spiro atoms. The summed E-state index contributed by atoms with van der Waals surface area (Å²) in [5, 5.41) is 9.45. The molecule has 140 valence electrons. The van der Waals surface area contributed by atoms with Crippen LogP contribution < -0.4 is 0 Å². The lowest BCUT2D eigenvalue weighted by Crippen LogP contribution is -2.31. The fraction of sp³-hybridized carbons (Fsp3) is 0.300. The first kappa shape index (κ1) is 19.1. The molecule has 0 aliphatic heterocycles.